The number of carbonyl (C=O) groups excluding carboxylic acids is 1. The monoisotopic (exact) mass is 353 g/mol. The second-order valence-corrected chi connectivity index (χ2v) is 7.85. The molecule has 0 saturated heterocycles. The fourth-order valence-electron chi connectivity index (χ4n) is 2.84. The number of nitrogens with zero attached hydrogens (tertiary/aromatic N) is 1. The Morgan fingerprint density at radius 2 is 1.83 bits per heavy atom. The van der Waals surface area contributed by atoms with E-state index in [0.717, 1.165) is 30.5 Å². The van der Waals surface area contributed by atoms with Crippen molar-refractivity contribution in [3.8, 4) is 0 Å². The third kappa shape index (κ3) is 5.03. The summed E-state index contributed by atoms with van der Waals surface area (Å²) in [6, 6.07) is 5.29. The van der Waals surface area contributed by atoms with Crippen LogP contribution in [0.1, 0.15) is 31.4 Å². The first-order valence-corrected chi connectivity index (χ1v) is 10.00. The van der Waals surface area contributed by atoms with E-state index in [9.17, 15) is 13.2 Å². The molecule has 0 atom stereocenters. The first kappa shape index (κ1) is 18.9. The maximum Gasteiger partial charge on any atom is 0.240 e. The molecule has 1 aromatic carbocycles. The Morgan fingerprint density at radius 3 is 2.50 bits per heavy atom. The molecule has 1 aromatic rings. The Kier molecular flexibility index (Phi) is 6.77. The number of sulfonamides is 1. The van der Waals surface area contributed by atoms with E-state index < -0.39 is 10.0 Å². The molecule has 134 valence electrons. The molecule has 7 heteroatoms. The van der Waals surface area contributed by atoms with Gasteiger partial charge in [-0.3, -0.25) is 4.79 Å². The van der Waals surface area contributed by atoms with Gasteiger partial charge in [0.15, 0.2) is 0 Å². The van der Waals surface area contributed by atoms with Crippen molar-refractivity contribution in [1.29, 1.82) is 0 Å². The Balaban J connectivity index is 2.04. The molecule has 1 heterocycles. The minimum absolute atomic E-state index is 0.0666. The zero-order chi connectivity index (χ0) is 17.6. The predicted octanol–water partition coefficient (Wildman–Crippen LogP) is 0.912. The van der Waals surface area contributed by atoms with Gasteiger partial charge < -0.3 is 10.2 Å². The highest BCUT2D eigenvalue weighted by Crippen LogP contribution is 2.20. The van der Waals surface area contributed by atoms with Gasteiger partial charge in [-0.2, -0.15) is 0 Å². The quantitative estimate of drug-likeness (QED) is 0.714. The van der Waals surface area contributed by atoms with E-state index in [1.807, 2.05) is 11.0 Å². The number of hydrogen-bond acceptors (Lipinski definition) is 4. The van der Waals surface area contributed by atoms with Crippen LogP contribution in [-0.4, -0.2) is 51.9 Å². The zero-order valence-electron chi connectivity index (χ0n) is 14.5. The zero-order valence-corrected chi connectivity index (χ0v) is 15.3. The van der Waals surface area contributed by atoms with Crippen LogP contribution in [0.4, 0.5) is 0 Å². The predicted molar refractivity (Wildman–Crippen MR) is 94.5 cm³/mol. The summed E-state index contributed by atoms with van der Waals surface area (Å²) < 4.78 is 27.4. The molecule has 1 aliphatic rings. The largest absolute Gasteiger partial charge is 0.342 e. The molecule has 2 rings (SSSR count). The van der Waals surface area contributed by atoms with Gasteiger partial charge in [-0.25, -0.2) is 13.1 Å². The van der Waals surface area contributed by atoms with Gasteiger partial charge >= 0.3 is 0 Å². The molecule has 0 radical (unpaired) electrons. The van der Waals surface area contributed by atoms with Crippen LogP contribution in [0, 0.1) is 0 Å². The Morgan fingerprint density at radius 1 is 1.12 bits per heavy atom. The molecule has 6 nitrogen and oxygen atoms in total. The van der Waals surface area contributed by atoms with Crippen LogP contribution in [0.2, 0.25) is 0 Å². The number of nitrogens with one attached hydrogen (secondary N) is 2. The molecule has 0 aromatic heterocycles. The number of hydrogen-bond donors (Lipinski definition) is 2. The van der Waals surface area contributed by atoms with Crippen LogP contribution in [0.3, 0.4) is 0 Å². The van der Waals surface area contributed by atoms with E-state index in [1.54, 1.807) is 19.1 Å². The lowest BCUT2D eigenvalue weighted by atomic mass is 10.0. The van der Waals surface area contributed by atoms with Crippen molar-refractivity contribution in [1.82, 2.24) is 14.9 Å². The third-order valence-electron chi connectivity index (χ3n) is 4.26. The third-order valence-corrected chi connectivity index (χ3v) is 5.71. The van der Waals surface area contributed by atoms with Crippen LogP contribution >= 0.6 is 0 Å². The number of rotatable bonds is 7. The van der Waals surface area contributed by atoms with Crippen molar-refractivity contribution >= 4 is 15.9 Å². The summed E-state index contributed by atoms with van der Waals surface area (Å²) in [7, 11) is -3.49. The van der Waals surface area contributed by atoms with Crippen molar-refractivity contribution in [2.45, 2.75) is 38.0 Å². The van der Waals surface area contributed by atoms with E-state index in [1.165, 1.54) is 0 Å². The lowest BCUT2D eigenvalue weighted by Gasteiger charge is -2.17. The highest BCUT2D eigenvalue weighted by molar-refractivity contribution is 7.89. The lowest BCUT2D eigenvalue weighted by Crippen LogP contribution is -2.32. The topological polar surface area (TPSA) is 78.5 Å². The Labute approximate surface area is 144 Å². The van der Waals surface area contributed by atoms with Crippen LogP contribution in [0.25, 0.3) is 0 Å². The van der Waals surface area contributed by atoms with Crippen LogP contribution in [0.15, 0.2) is 23.1 Å². The summed E-state index contributed by atoms with van der Waals surface area (Å²) >= 11 is 0. The maximum absolute atomic E-state index is 12.4. The lowest BCUT2D eigenvalue weighted by molar-refractivity contribution is -0.128. The van der Waals surface area contributed by atoms with Gasteiger partial charge in [0.1, 0.15) is 0 Å². The molecule has 1 aliphatic heterocycles. The molecule has 2 N–H and O–H groups in total. The van der Waals surface area contributed by atoms with Crippen LogP contribution in [-0.2, 0) is 27.7 Å². The summed E-state index contributed by atoms with van der Waals surface area (Å²) in [5.41, 5.74) is 2.15. The van der Waals surface area contributed by atoms with Gasteiger partial charge in [-0.15, -0.1) is 0 Å². The molecule has 0 spiro atoms. The average Bonchev–Trinajstić information content (AvgIpc) is 2.76. The van der Waals surface area contributed by atoms with Gasteiger partial charge in [-0.1, -0.05) is 13.0 Å². The normalized spacial score (nSPS) is 15.0. The molecular weight excluding hydrogens is 326 g/mol. The number of amides is 1. The van der Waals surface area contributed by atoms with Gasteiger partial charge in [0.25, 0.3) is 0 Å². The van der Waals surface area contributed by atoms with Crippen molar-refractivity contribution in [3.63, 3.8) is 0 Å². The second kappa shape index (κ2) is 8.60. The van der Waals surface area contributed by atoms with Crippen molar-refractivity contribution in [3.05, 3.63) is 29.3 Å². The van der Waals surface area contributed by atoms with Crippen molar-refractivity contribution < 1.29 is 13.2 Å². The first-order valence-electron chi connectivity index (χ1n) is 8.51. The number of fused-ring (bicyclic) bond motifs is 1. The van der Waals surface area contributed by atoms with E-state index in [0.29, 0.717) is 37.5 Å². The summed E-state index contributed by atoms with van der Waals surface area (Å²) in [6.45, 7) is 6.84. The van der Waals surface area contributed by atoms with Crippen LogP contribution in [0.5, 0.6) is 0 Å². The first-order chi connectivity index (χ1) is 11.4. The van der Waals surface area contributed by atoms with Gasteiger partial charge in [-0.05, 0) is 49.1 Å². The minimum Gasteiger partial charge on any atom is -0.342 e. The minimum atomic E-state index is -3.49. The average molecular weight is 353 g/mol. The highest BCUT2D eigenvalue weighted by Gasteiger charge is 2.19. The number of carbonyl (C=O) groups is 1. The maximum atomic E-state index is 12.4. The molecular formula is C17H27N3O3S. The summed E-state index contributed by atoms with van der Waals surface area (Å²) in [4.78, 5) is 13.6. The van der Waals surface area contributed by atoms with E-state index in [2.05, 4.69) is 17.0 Å². The molecule has 0 aliphatic carbocycles. The Hall–Kier alpha value is -1.44. The van der Waals surface area contributed by atoms with Gasteiger partial charge in [0.05, 0.1) is 4.90 Å². The molecule has 0 unspecified atom stereocenters. The molecule has 1 amide bonds. The molecule has 0 saturated carbocycles. The van der Waals surface area contributed by atoms with E-state index in [-0.39, 0.29) is 5.91 Å². The van der Waals surface area contributed by atoms with Crippen molar-refractivity contribution in [2.24, 2.45) is 0 Å². The standard InChI is InChI=1S/C17H27N3O3S/c1-3-8-18-9-10-19-24(22,23)17-5-4-15-6-11-20(14(2)21)12-7-16(15)13-17/h4-5,13,18-19H,3,6-12H2,1-2H3. The molecule has 0 bridgehead atoms. The fraction of sp³-hybridized carbons (Fsp3) is 0.588. The summed E-state index contributed by atoms with van der Waals surface area (Å²) in [5, 5.41) is 3.17. The smallest absolute Gasteiger partial charge is 0.240 e. The van der Waals surface area contributed by atoms with Gasteiger partial charge in [0.2, 0.25) is 15.9 Å². The molecule has 0 fully saturated rings. The van der Waals surface area contributed by atoms with Crippen LogP contribution < -0.4 is 10.0 Å². The van der Waals surface area contributed by atoms with Gasteiger partial charge in [0, 0.05) is 33.1 Å². The van der Waals surface area contributed by atoms with E-state index in [4.69, 9.17) is 0 Å². The number of benzene rings is 1. The van der Waals surface area contributed by atoms with E-state index >= 15 is 0 Å². The SMILES string of the molecule is CCCNCCNS(=O)(=O)c1ccc2c(c1)CCN(C(C)=O)CC2. The fourth-order valence-corrected chi connectivity index (χ4v) is 3.92. The van der Waals surface area contributed by atoms with Crippen molar-refractivity contribution in [2.75, 3.05) is 32.7 Å². The summed E-state index contributed by atoms with van der Waals surface area (Å²) in [6.07, 6.45) is 2.48. The second-order valence-electron chi connectivity index (χ2n) is 6.08. The Bertz CT molecular complexity index is 674. The highest BCUT2D eigenvalue weighted by atomic mass is 32.2. The summed E-state index contributed by atoms with van der Waals surface area (Å²) in [5.74, 6) is 0.0666. The molecule has 24 heavy (non-hydrogen) atoms.